The largest absolute Gasteiger partial charge is 0.490 e. The number of fused-ring (bicyclic) bond motifs is 1. The van der Waals surface area contributed by atoms with Gasteiger partial charge in [0.1, 0.15) is 0 Å². The number of nitrogens with one attached hydrogen (secondary N) is 1. The molecule has 12 heteroatoms. The minimum atomic E-state index is -5.08. The van der Waals surface area contributed by atoms with Crippen molar-refractivity contribution in [3.8, 4) is 5.69 Å². The molecule has 0 bridgehead atoms. The fourth-order valence-corrected chi connectivity index (χ4v) is 3.93. The van der Waals surface area contributed by atoms with Crippen LogP contribution in [0.1, 0.15) is 22.5 Å². The van der Waals surface area contributed by atoms with E-state index in [1.165, 1.54) is 0 Å². The zero-order valence-electron chi connectivity index (χ0n) is 19.2. The summed E-state index contributed by atoms with van der Waals surface area (Å²) in [5.41, 5.74) is 3.60. The molecule has 0 spiro atoms. The van der Waals surface area contributed by atoms with E-state index in [1.807, 2.05) is 62.0 Å². The molecule has 0 saturated carbocycles. The molecule has 1 aromatic carbocycles. The number of amides is 1. The molecule has 1 aliphatic rings. The molecule has 3 aromatic heterocycles. The highest BCUT2D eigenvalue weighted by Gasteiger charge is 2.38. The number of hydrogen-bond acceptors (Lipinski definition) is 5. The van der Waals surface area contributed by atoms with Crippen LogP contribution in [0.4, 0.5) is 19.0 Å². The van der Waals surface area contributed by atoms with Gasteiger partial charge in [0.15, 0.2) is 11.5 Å². The van der Waals surface area contributed by atoms with Crippen LogP contribution >= 0.6 is 0 Å². The predicted octanol–water partition coefficient (Wildman–Crippen LogP) is 3.47. The Morgan fingerprint density at radius 2 is 1.83 bits per heavy atom. The summed E-state index contributed by atoms with van der Waals surface area (Å²) in [6.45, 7) is 3.63. The van der Waals surface area contributed by atoms with E-state index in [-0.39, 0.29) is 11.9 Å². The first kappa shape index (κ1) is 24.8. The van der Waals surface area contributed by atoms with Gasteiger partial charge in [0.05, 0.1) is 11.2 Å². The summed E-state index contributed by atoms with van der Waals surface area (Å²) in [6.07, 6.45) is 3.40. The zero-order valence-corrected chi connectivity index (χ0v) is 19.2. The summed E-state index contributed by atoms with van der Waals surface area (Å²) >= 11 is 0. The molecule has 0 radical (unpaired) electrons. The monoisotopic (exact) mass is 500 g/mol. The second-order valence-corrected chi connectivity index (χ2v) is 8.19. The molecule has 5 rings (SSSR count). The van der Waals surface area contributed by atoms with Crippen molar-refractivity contribution in [3.63, 3.8) is 0 Å². The van der Waals surface area contributed by atoms with Crippen molar-refractivity contribution in [2.45, 2.75) is 25.6 Å². The Kier molecular flexibility index (Phi) is 6.95. The van der Waals surface area contributed by atoms with Crippen LogP contribution in [0.5, 0.6) is 0 Å². The number of carbonyl (C=O) groups is 2. The third-order valence-corrected chi connectivity index (χ3v) is 5.68. The van der Waals surface area contributed by atoms with Gasteiger partial charge in [-0.15, -0.1) is 0 Å². The fraction of sp³-hybridized carbons (Fsp3) is 0.250. The Morgan fingerprint density at radius 3 is 2.56 bits per heavy atom. The number of aryl methyl sites for hydroxylation is 1. The molecule has 2 N–H and O–H groups in total. The van der Waals surface area contributed by atoms with Crippen molar-refractivity contribution in [2.75, 3.05) is 18.0 Å². The normalized spacial score (nSPS) is 15.4. The lowest BCUT2D eigenvalue weighted by Gasteiger charge is -2.18. The minimum absolute atomic E-state index is 0.0723. The number of hydrogen-bond donors (Lipinski definition) is 2. The summed E-state index contributed by atoms with van der Waals surface area (Å²) < 4.78 is 35.6. The number of carboxylic acid groups (broad SMARTS) is 1. The second-order valence-electron chi connectivity index (χ2n) is 8.19. The van der Waals surface area contributed by atoms with Crippen molar-refractivity contribution in [1.29, 1.82) is 0 Å². The second kappa shape index (κ2) is 10.1. The summed E-state index contributed by atoms with van der Waals surface area (Å²) in [5.74, 6) is -1.94. The number of rotatable bonds is 4. The van der Waals surface area contributed by atoms with Gasteiger partial charge in [-0.25, -0.2) is 14.5 Å². The Bertz CT molecular complexity index is 1380. The number of carbonyl (C=O) groups excluding carboxylic acids is 1. The SMILES string of the molecule is Cc1ccccc1-n1ccc(C(=O)N[C@H]2CCN(c3nccn4cccc34)C2)n1.O=C(O)C(F)(F)F. The summed E-state index contributed by atoms with van der Waals surface area (Å²) in [4.78, 5) is 28.4. The van der Waals surface area contributed by atoms with Crippen LogP contribution in [-0.4, -0.2) is 61.5 Å². The topological polar surface area (TPSA) is 105 Å². The fourth-order valence-electron chi connectivity index (χ4n) is 3.93. The van der Waals surface area contributed by atoms with Gasteiger partial charge in [-0.05, 0) is 43.2 Å². The quantitative estimate of drug-likeness (QED) is 0.445. The highest BCUT2D eigenvalue weighted by Crippen LogP contribution is 2.23. The number of para-hydroxylation sites is 1. The molecule has 4 heterocycles. The van der Waals surface area contributed by atoms with Crippen LogP contribution in [0.15, 0.2) is 67.3 Å². The van der Waals surface area contributed by atoms with E-state index in [0.717, 1.165) is 42.1 Å². The van der Waals surface area contributed by atoms with Crippen molar-refractivity contribution < 1.29 is 27.9 Å². The minimum Gasteiger partial charge on any atom is -0.475 e. The maximum Gasteiger partial charge on any atom is 0.490 e. The van der Waals surface area contributed by atoms with E-state index in [2.05, 4.69) is 30.8 Å². The lowest BCUT2D eigenvalue weighted by atomic mass is 10.2. The molecule has 0 aliphatic carbocycles. The van der Waals surface area contributed by atoms with Crippen LogP contribution in [0.25, 0.3) is 11.2 Å². The number of aromatic nitrogens is 4. The summed E-state index contributed by atoms with van der Waals surface area (Å²) in [6, 6.07) is 13.9. The summed E-state index contributed by atoms with van der Waals surface area (Å²) in [5, 5.41) is 14.7. The first-order valence-electron chi connectivity index (χ1n) is 11.0. The standard InChI is InChI=1S/C22H22N6O.C2HF3O2/c1-16-5-2-3-6-19(16)28-13-9-18(25-28)22(29)24-17-8-12-27(15-17)21-20-7-4-11-26(20)14-10-23-21;3-2(4,5)1(6)7/h2-7,9-11,13-14,17H,8,12,15H2,1H3,(H,24,29);(H,6,7)/t17-;/m0./s1. The van der Waals surface area contributed by atoms with E-state index in [1.54, 1.807) is 10.7 Å². The molecule has 1 amide bonds. The van der Waals surface area contributed by atoms with Gasteiger partial charge < -0.3 is 19.7 Å². The third kappa shape index (κ3) is 5.48. The lowest BCUT2D eigenvalue weighted by Crippen LogP contribution is -2.37. The smallest absolute Gasteiger partial charge is 0.475 e. The zero-order chi connectivity index (χ0) is 25.9. The van der Waals surface area contributed by atoms with Crippen molar-refractivity contribution in [1.82, 2.24) is 24.5 Å². The number of carboxylic acids is 1. The highest BCUT2D eigenvalue weighted by atomic mass is 19.4. The van der Waals surface area contributed by atoms with Gasteiger partial charge in [0, 0.05) is 43.9 Å². The predicted molar refractivity (Wildman–Crippen MR) is 125 cm³/mol. The average Bonchev–Trinajstić information content (AvgIpc) is 3.59. The van der Waals surface area contributed by atoms with E-state index < -0.39 is 12.1 Å². The highest BCUT2D eigenvalue weighted by molar-refractivity contribution is 5.92. The summed E-state index contributed by atoms with van der Waals surface area (Å²) in [7, 11) is 0. The van der Waals surface area contributed by atoms with Crippen LogP contribution < -0.4 is 10.2 Å². The molecule has 0 unspecified atom stereocenters. The number of aliphatic carboxylic acids is 1. The van der Waals surface area contributed by atoms with Gasteiger partial charge in [-0.2, -0.15) is 18.3 Å². The Morgan fingerprint density at radius 1 is 1.08 bits per heavy atom. The Hall–Kier alpha value is -4.35. The Balaban J connectivity index is 0.000000384. The number of alkyl halides is 3. The lowest BCUT2D eigenvalue weighted by molar-refractivity contribution is -0.192. The number of anilines is 1. The van der Waals surface area contributed by atoms with Gasteiger partial charge in [-0.3, -0.25) is 4.79 Å². The van der Waals surface area contributed by atoms with Crippen LogP contribution in [0, 0.1) is 6.92 Å². The molecular weight excluding hydrogens is 477 g/mol. The molecule has 1 atom stereocenters. The molecule has 1 saturated heterocycles. The number of halogens is 3. The number of nitrogens with zero attached hydrogens (tertiary/aromatic N) is 5. The van der Waals surface area contributed by atoms with E-state index in [0.29, 0.717) is 5.69 Å². The molecule has 1 fully saturated rings. The first-order valence-corrected chi connectivity index (χ1v) is 11.0. The van der Waals surface area contributed by atoms with Crippen molar-refractivity contribution in [3.05, 3.63) is 78.5 Å². The molecule has 188 valence electrons. The van der Waals surface area contributed by atoms with Gasteiger partial charge >= 0.3 is 12.1 Å². The van der Waals surface area contributed by atoms with Gasteiger partial charge in [0.25, 0.3) is 5.91 Å². The maximum atomic E-state index is 12.7. The van der Waals surface area contributed by atoms with Gasteiger partial charge in [0.2, 0.25) is 0 Å². The van der Waals surface area contributed by atoms with Gasteiger partial charge in [-0.1, -0.05) is 18.2 Å². The van der Waals surface area contributed by atoms with Crippen LogP contribution in [0.2, 0.25) is 0 Å². The number of benzene rings is 1. The third-order valence-electron chi connectivity index (χ3n) is 5.68. The molecule has 9 nitrogen and oxygen atoms in total. The molecule has 4 aromatic rings. The van der Waals surface area contributed by atoms with E-state index in [4.69, 9.17) is 9.90 Å². The van der Waals surface area contributed by atoms with E-state index >= 15 is 0 Å². The van der Waals surface area contributed by atoms with Crippen molar-refractivity contribution in [2.24, 2.45) is 0 Å². The van der Waals surface area contributed by atoms with E-state index in [9.17, 15) is 18.0 Å². The molecule has 36 heavy (non-hydrogen) atoms. The Labute approximate surface area is 203 Å². The first-order chi connectivity index (χ1) is 17.1. The van der Waals surface area contributed by atoms with Crippen molar-refractivity contribution >= 4 is 23.2 Å². The van der Waals surface area contributed by atoms with Crippen LogP contribution in [0.3, 0.4) is 0 Å². The molecule has 1 aliphatic heterocycles. The molecular formula is C24H23F3N6O3. The maximum absolute atomic E-state index is 12.7. The van der Waals surface area contributed by atoms with Crippen LogP contribution in [-0.2, 0) is 4.79 Å². The average molecular weight is 500 g/mol.